The summed E-state index contributed by atoms with van der Waals surface area (Å²) in [6.07, 6.45) is -7.32. The van der Waals surface area contributed by atoms with Crippen molar-refractivity contribution >= 4 is 11.7 Å². The fourth-order valence-corrected chi connectivity index (χ4v) is 1.91. The number of alkyl halides is 3. The van der Waals surface area contributed by atoms with Crippen LogP contribution in [0.1, 0.15) is 11.1 Å². The molecule has 2 N–H and O–H groups in total. The van der Waals surface area contributed by atoms with E-state index in [0.717, 1.165) is 16.0 Å². The minimum atomic E-state index is -4.75. The summed E-state index contributed by atoms with van der Waals surface area (Å²) in [5.41, 5.74) is 2.43. The molecule has 1 aromatic carbocycles. The van der Waals surface area contributed by atoms with Gasteiger partial charge in [0.25, 0.3) is 0 Å². The Bertz CT molecular complexity index is 534. The summed E-state index contributed by atoms with van der Waals surface area (Å²) < 4.78 is 41.9. The summed E-state index contributed by atoms with van der Waals surface area (Å²) in [5.74, 6) is 0. The SMILES string of the molecule is CN(CC(O)C(F)(F)F)C(=O)Nc1ccc2c(c1)COC2. The number of hydrogen-bond acceptors (Lipinski definition) is 3. The van der Waals surface area contributed by atoms with Gasteiger partial charge in [0, 0.05) is 12.7 Å². The Balaban J connectivity index is 1.95. The number of carbonyl (C=O) groups excluding carboxylic acids is 1. The van der Waals surface area contributed by atoms with Crippen molar-refractivity contribution in [2.45, 2.75) is 25.5 Å². The Morgan fingerprint density at radius 1 is 1.43 bits per heavy atom. The number of halogens is 3. The van der Waals surface area contributed by atoms with Crippen LogP contribution in [0.3, 0.4) is 0 Å². The molecule has 0 fully saturated rings. The summed E-state index contributed by atoms with van der Waals surface area (Å²) in [6, 6.07) is 4.44. The molecule has 8 heteroatoms. The zero-order valence-corrected chi connectivity index (χ0v) is 11.3. The van der Waals surface area contributed by atoms with Crippen molar-refractivity contribution in [2.75, 3.05) is 18.9 Å². The maximum absolute atomic E-state index is 12.2. The molecule has 2 amide bonds. The molecule has 0 aliphatic carbocycles. The predicted molar refractivity (Wildman–Crippen MR) is 68.6 cm³/mol. The first-order valence-corrected chi connectivity index (χ1v) is 6.24. The third kappa shape index (κ3) is 3.85. The third-order valence-electron chi connectivity index (χ3n) is 3.14. The van der Waals surface area contributed by atoms with Crippen LogP contribution in [0.5, 0.6) is 0 Å². The number of aliphatic hydroxyl groups is 1. The summed E-state index contributed by atoms with van der Waals surface area (Å²) in [5, 5.41) is 11.4. The first-order chi connectivity index (χ1) is 9.77. The number of ether oxygens (including phenoxy) is 1. The van der Waals surface area contributed by atoms with Gasteiger partial charge in [-0.15, -0.1) is 0 Å². The van der Waals surface area contributed by atoms with Crippen molar-refractivity contribution in [2.24, 2.45) is 0 Å². The Kier molecular flexibility index (Phi) is 4.38. The van der Waals surface area contributed by atoms with Crippen LogP contribution in [0.2, 0.25) is 0 Å². The molecule has 0 bridgehead atoms. The molecule has 5 nitrogen and oxygen atoms in total. The van der Waals surface area contributed by atoms with Crippen LogP contribution in [0.15, 0.2) is 18.2 Å². The Hall–Kier alpha value is -1.80. The minimum Gasteiger partial charge on any atom is -0.382 e. The number of urea groups is 1. The number of rotatable bonds is 3. The number of fused-ring (bicyclic) bond motifs is 1. The quantitative estimate of drug-likeness (QED) is 0.899. The molecule has 1 aliphatic rings. The molecule has 0 saturated heterocycles. The standard InChI is InChI=1S/C13H15F3N2O3/c1-18(5-11(19)13(14,15)16)12(20)17-10-3-2-8-6-21-7-9(8)4-10/h2-4,11,19H,5-7H2,1H3,(H,17,20). The van der Waals surface area contributed by atoms with E-state index in [1.807, 2.05) is 0 Å². The molecule has 0 saturated carbocycles. The highest BCUT2D eigenvalue weighted by Crippen LogP contribution is 2.24. The summed E-state index contributed by atoms with van der Waals surface area (Å²) in [7, 11) is 1.18. The molecular weight excluding hydrogens is 289 g/mol. The van der Waals surface area contributed by atoms with Crippen LogP contribution in [-0.4, -0.2) is 41.9 Å². The number of anilines is 1. The average molecular weight is 304 g/mol. The van der Waals surface area contributed by atoms with Gasteiger partial charge in [0.05, 0.1) is 19.8 Å². The van der Waals surface area contributed by atoms with E-state index in [-0.39, 0.29) is 0 Å². The summed E-state index contributed by atoms with van der Waals surface area (Å²) in [4.78, 5) is 12.6. The van der Waals surface area contributed by atoms with E-state index >= 15 is 0 Å². The summed E-state index contributed by atoms with van der Waals surface area (Å²) in [6.45, 7) is 0.131. The molecule has 0 spiro atoms. The second-order valence-corrected chi connectivity index (χ2v) is 4.84. The Labute approximate surface area is 119 Å². The van der Waals surface area contributed by atoms with Crippen LogP contribution in [0.4, 0.5) is 23.7 Å². The number of amides is 2. The fraction of sp³-hybridized carbons (Fsp3) is 0.462. The van der Waals surface area contributed by atoms with Crippen LogP contribution in [-0.2, 0) is 18.0 Å². The first kappa shape index (κ1) is 15.6. The molecule has 0 radical (unpaired) electrons. The normalized spacial score (nSPS) is 15.5. The van der Waals surface area contributed by atoms with Gasteiger partial charge in [0.1, 0.15) is 0 Å². The number of aliphatic hydroxyl groups excluding tert-OH is 1. The second kappa shape index (κ2) is 5.90. The topological polar surface area (TPSA) is 61.8 Å². The number of nitrogens with zero attached hydrogens (tertiary/aromatic N) is 1. The molecule has 1 aliphatic heterocycles. The lowest BCUT2D eigenvalue weighted by Gasteiger charge is -2.22. The van der Waals surface area contributed by atoms with Crippen molar-refractivity contribution in [3.05, 3.63) is 29.3 Å². The third-order valence-corrected chi connectivity index (χ3v) is 3.14. The van der Waals surface area contributed by atoms with E-state index in [9.17, 15) is 18.0 Å². The van der Waals surface area contributed by atoms with Crippen molar-refractivity contribution in [3.8, 4) is 0 Å². The summed E-state index contributed by atoms with van der Waals surface area (Å²) >= 11 is 0. The van der Waals surface area contributed by atoms with E-state index in [1.165, 1.54) is 7.05 Å². The largest absolute Gasteiger partial charge is 0.416 e. The number of nitrogens with one attached hydrogen (secondary N) is 1. The highest BCUT2D eigenvalue weighted by atomic mass is 19.4. The number of likely N-dealkylation sites (N-methyl/N-ethyl adjacent to an activating group) is 1. The maximum Gasteiger partial charge on any atom is 0.416 e. The lowest BCUT2D eigenvalue weighted by atomic mass is 10.1. The highest BCUT2D eigenvalue weighted by Gasteiger charge is 2.39. The minimum absolute atomic E-state index is 0.446. The van der Waals surface area contributed by atoms with Gasteiger partial charge in [-0.25, -0.2) is 4.79 Å². The second-order valence-electron chi connectivity index (χ2n) is 4.84. The van der Waals surface area contributed by atoms with Crippen LogP contribution in [0, 0.1) is 0 Å². The van der Waals surface area contributed by atoms with E-state index in [4.69, 9.17) is 9.84 Å². The van der Waals surface area contributed by atoms with Gasteiger partial charge in [0.2, 0.25) is 0 Å². The monoisotopic (exact) mass is 304 g/mol. The van der Waals surface area contributed by atoms with Crippen molar-refractivity contribution in [1.82, 2.24) is 4.90 Å². The smallest absolute Gasteiger partial charge is 0.382 e. The number of benzene rings is 1. The molecule has 1 unspecified atom stereocenters. The van der Waals surface area contributed by atoms with Crippen molar-refractivity contribution in [3.63, 3.8) is 0 Å². The molecule has 116 valence electrons. The van der Waals surface area contributed by atoms with E-state index in [1.54, 1.807) is 18.2 Å². The molecule has 2 rings (SSSR count). The Morgan fingerprint density at radius 2 is 2.10 bits per heavy atom. The van der Waals surface area contributed by atoms with Crippen LogP contribution in [0.25, 0.3) is 0 Å². The van der Waals surface area contributed by atoms with Crippen molar-refractivity contribution in [1.29, 1.82) is 0 Å². The fourth-order valence-electron chi connectivity index (χ4n) is 1.91. The highest BCUT2D eigenvalue weighted by molar-refractivity contribution is 5.89. The van der Waals surface area contributed by atoms with Crippen LogP contribution < -0.4 is 5.32 Å². The van der Waals surface area contributed by atoms with E-state index in [2.05, 4.69) is 5.32 Å². The van der Waals surface area contributed by atoms with Crippen molar-refractivity contribution < 1.29 is 27.8 Å². The number of hydrogen-bond donors (Lipinski definition) is 2. The van der Waals surface area contributed by atoms with Gasteiger partial charge in [-0.3, -0.25) is 0 Å². The molecule has 1 aromatic rings. The maximum atomic E-state index is 12.2. The molecule has 21 heavy (non-hydrogen) atoms. The van der Waals surface area contributed by atoms with E-state index < -0.39 is 24.9 Å². The lowest BCUT2D eigenvalue weighted by Crippen LogP contribution is -2.43. The van der Waals surface area contributed by atoms with Gasteiger partial charge < -0.3 is 20.1 Å². The molecule has 1 heterocycles. The lowest BCUT2D eigenvalue weighted by molar-refractivity contribution is -0.205. The Morgan fingerprint density at radius 3 is 2.76 bits per heavy atom. The first-order valence-electron chi connectivity index (χ1n) is 6.24. The predicted octanol–water partition coefficient (Wildman–Crippen LogP) is 2.10. The van der Waals surface area contributed by atoms with Gasteiger partial charge >= 0.3 is 12.2 Å². The van der Waals surface area contributed by atoms with Gasteiger partial charge in [0.15, 0.2) is 6.10 Å². The zero-order chi connectivity index (χ0) is 15.6. The van der Waals surface area contributed by atoms with Crippen LogP contribution >= 0.6 is 0 Å². The van der Waals surface area contributed by atoms with Gasteiger partial charge in [-0.05, 0) is 23.3 Å². The molecule has 0 aromatic heterocycles. The average Bonchev–Trinajstić information content (AvgIpc) is 2.84. The molecular formula is C13H15F3N2O3. The van der Waals surface area contributed by atoms with Gasteiger partial charge in [-0.2, -0.15) is 13.2 Å². The van der Waals surface area contributed by atoms with E-state index in [0.29, 0.717) is 18.9 Å². The zero-order valence-electron chi connectivity index (χ0n) is 11.3. The van der Waals surface area contributed by atoms with Gasteiger partial charge in [-0.1, -0.05) is 6.07 Å². The number of carbonyl (C=O) groups is 1. The molecule has 1 atom stereocenters.